The molecule has 0 fully saturated rings. The Morgan fingerprint density at radius 2 is 1.54 bits per heavy atom. The van der Waals surface area contributed by atoms with Crippen molar-refractivity contribution in [2.45, 2.75) is 35.7 Å². The quantitative estimate of drug-likeness (QED) is 0.311. The van der Waals surface area contributed by atoms with Gasteiger partial charge in [-0.3, -0.25) is 9.59 Å². The van der Waals surface area contributed by atoms with E-state index in [0.717, 1.165) is 12.1 Å². The third-order valence-corrected chi connectivity index (χ3v) is 8.30. The van der Waals surface area contributed by atoms with Gasteiger partial charge in [0.15, 0.2) is 0 Å². The fourth-order valence-corrected chi connectivity index (χ4v) is 5.77. The summed E-state index contributed by atoms with van der Waals surface area (Å²) >= 11 is 0. The molecule has 3 aromatic carbocycles. The number of sulfone groups is 1. The number of likely N-dealkylation sites (N-methyl/N-ethyl adjacent to an activating group) is 1. The average molecular weight is 552 g/mol. The Morgan fingerprint density at radius 1 is 0.923 bits per heavy atom. The van der Waals surface area contributed by atoms with E-state index in [1.807, 2.05) is 0 Å². The number of carbonyl (C=O) groups excluding carboxylic acids is 1. The number of hydrogen-bond donors (Lipinski definition) is 1. The van der Waals surface area contributed by atoms with Gasteiger partial charge in [-0.15, -0.1) is 0 Å². The molecule has 1 amide bonds. The first-order valence-electron chi connectivity index (χ1n) is 12.1. The van der Waals surface area contributed by atoms with Crippen LogP contribution in [-0.2, 0) is 21.2 Å². The molecule has 0 aliphatic carbocycles. The van der Waals surface area contributed by atoms with Crippen LogP contribution in [0.4, 0.5) is 14.5 Å². The molecule has 4 rings (SSSR count). The number of amides is 1. The Balaban J connectivity index is 1.82. The van der Waals surface area contributed by atoms with Gasteiger partial charge in [-0.2, -0.15) is 0 Å². The Morgan fingerprint density at radius 3 is 2.13 bits per heavy atom. The molecule has 10 heteroatoms. The molecule has 0 saturated heterocycles. The fraction of sp³-hybridized carbons (Fsp3) is 0.172. The number of aromatic nitrogens is 1. The summed E-state index contributed by atoms with van der Waals surface area (Å²) in [5.74, 6) is -1.57. The first-order chi connectivity index (χ1) is 18.5. The molecule has 0 aliphatic rings. The van der Waals surface area contributed by atoms with Crippen molar-refractivity contribution in [2.75, 3.05) is 11.9 Å². The lowest BCUT2D eigenvalue weighted by molar-refractivity contribution is -0.119. The minimum absolute atomic E-state index is 0.0176. The van der Waals surface area contributed by atoms with Gasteiger partial charge in [-0.25, -0.2) is 17.2 Å². The number of pyridine rings is 1. The van der Waals surface area contributed by atoms with E-state index in [4.69, 9.17) is 5.73 Å². The topological polar surface area (TPSA) is 102 Å². The zero-order chi connectivity index (χ0) is 28.3. The monoisotopic (exact) mass is 551 g/mol. The van der Waals surface area contributed by atoms with Crippen LogP contribution in [0.2, 0.25) is 0 Å². The highest BCUT2D eigenvalue weighted by Crippen LogP contribution is 2.25. The predicted molar refractivity (Wildman–Crippen MR) is 145 cm³/mol. The Hall–Kier alpha value is -4.31. The number of halogens is 2. The van der Waals surface area contributed by atoms with E-state index in [1.54, 1.807) is 38.2 Å². The molecule has 4 aromatic rings. The second kappa shape index (κ2) is 11.2. The SMILES string of the molecule is CCC(C(N)=O)N(C)c1ccc(-c2ccc(F)cc2)n(Cc2cccc(S(=O)(=O)c3ccc(F)cc3)c2)c1=O. The van der Waals surface area contributed by atoms with Crippen LogP contribution in [0.25, 0.3) is 11.3 Å². The molecule has 0 aliphatic heterocycles. The number of primary amides is 1. The molecular formula is C29H27F2N3O4S. The van der Waals surface area contributed by atoms with Crippen molar-refractivity contribution < 1.29 is 22.0 Å². The van der Waals surface area contributed by atoms with E-state index in [9.17, 15) is 26.8 Å². The Bertz CT molecular complexity index is 1670. The lowest BCUT2D eigenvalue weighted by Crippen LogP contribution is -2.45. The summed E-state index contributed by atoms with van der Waals surface area (Å²) in [7, 11) is -2.34. The normalized spacial score (nSPS) is 12.2. The van der Waals surface area contributed by atoms with E-state index in [1.165, 1.54) is 58.0 Å². The molecule has 0 spiro atoms. The van der Waals surface area contributed by atoms with Crippen molar-refractivity contribution in [1.29, 1.82) is 0 Å². The number of rotatable bonds is 9. The maximum Gasteiger partial charge on any atom is 0.274 e. The molecule has 0 saturated carbocycles. The molecule has 7 nitrogen and oxygen atoms in total. The van der Waals surface area contributed by atoms with Crippen molar-refractivity contribution >= 4 is 21.4 Å². The fourth-order valence-electron chi connectivity index (χ4n) is 4.44. The summed E-state index contributed by atoms with van der Waals surface area (Å²) in [4.78, 5) is 27.2. The Labute approximate surface area is 225 Å². The van der Waals surface area contributed by atoms with Crippen molar-refractivity contribution in [1.82, 2.24) is 4.57 Å². The number of carbonyl (C=O) groups is 1. The molecule has 0 bridgehead atoms. The van der Waals surface area contributed by atoms with Gasteiger partial charge in [0.05, 0.1) is 22.0 Å². The lowest BCUT2D eigenvalue weighted by Gasteiger charge is -2.27. The number of nitrogens with two attached hydrogens (primary N) is 1. The zero-order valence-electron chi connectivity index (χ0n) is 21.3. The van der Waals surface area contributed by atoms with Crippen LogP contribution < -0.4 is 16.2 Å². The zero-order valence-corrected chi connectivity index (χ0v) is 22.2. The maximum atomic E-state index is 13.8. The van der Waals surface area contributed by atoms with Crippen LogP contribution in [0, 0.1) is 11.6 Å². The number of anilines is 1. The molecule has 1 heterocycles. The number of nitrogens with zero attached hydrogens (tertiary/aromatic N) is 2. The van der Waals surface area contributed by atoms with Gasteiger partial charge in [-0.1, -0.05) is 19.1 Å². The van der Waals surface area contributed by atoms with Crippen molar-refractivity contribution in [3.05, 3.63) is 112 Å². The average Bonchev–Trinajstić information content (AvgIpc) is 2.91. The van der Waals surface area contributed by atoms with Crippen LogP contribution >= 0.6 is 0 Å². The van der Waals surface area contributed by atoms with Crippen LogP contribution in [0.15, 0.2) is 99.5 Å². The van der Waals surface area contributed by atoms with Gasteiger partial charge in [0.2, 0.25) is 15.7 Å². The first-order valence-corrected chi connectivity index (χ1v) is 13.6. The second-order valence-corrected chi connectivity index (χ2v) is 11.0. The Kier molecular flexibility index (Phi) is 7.96. The lowest BCUT2D eigenvalue weighted by atomic mass is 10.1. The minimum atomic E-state index is -3.95. The van der Waals surface area contributed by atoms with Crippen molar-refractivity contribution in [3.8, 4) is 11.3 Å². The van der Waals surface area contributed by atoms with E-state index in [0.29, 0.717) is 23.2 Å². The molecule has 1 atom stereocenters. The van der Waals surface area contributed by atoms with Gasteiger partial charge in [0, 0.05) is 7.05 Å². The summed E-state index contributed by atoms with van der Waals surface area (Å²) in [6, 6.07) is 18.8. The summed E-state index contributed by atoms with van der Waals surface area (Å²) in [6.07, 6.45) is 0.383. The van der Waals surface area contributed by atoms with Gasteiger partial charge in [-0.05, 0) is 90.3 Å². The van der Waals surface area contributed by atoms with E-state index in [2.05, 4.69) is 0 Å². The molecule has 1 aromatic heterocycles. The number of benzene rings is 3. The smallest absolute Gasteiger partial charge is 0.274 e. The van der Waals surface area contributed by atoms with Crippen LogP contribution in [0.5, 0.6) is 0 Å². The van der Waals surface area contributed by atoms with Gasteiger partial charge in [0.1, 0.15) is 23.4 Å². The maximum absolute atomic E-state index is 13.8. The summed E-state index contributed by atoms with van der Waals surface area (Å²) in [6.45, 7) is 1.76. The minimum Gasteiger partial charge on any atom is -0.368 e. The number of hydrogen-bond acceptors (Lipinski definition) is 5. The van der Waals surface area contributed by atoms with E-state index >= 15 is 0 Å². The second-order valence-electron chi connectivity index (χ2n) is 9.04. The molecule has 0 radical (unpaired) electrons. The van der Waals surface area contributed by atoms with E-state index in [-0.39, 0.29) is 22.0 Å². The van der Waals surface area contributed by atoms with Gasteiger partial charge >= 0.3 is 0 Å². The molecule has 1 unspecified atom stereocenters. The molecule has 39 heavy (non-hydrogen) atoms. The van der Waals surface area contributed by atoms with Crippen molar-refractivity contribution in [3.63, 3.8) is 0 Å². The highest BCUT2D eigenvalue weighted by Gasteiger charge is 2.23. The van der Waals surface area contributed by atoms with Crippen LogP contribution in [0.3, 0.4) is 0 Å². The van der Waals surface area contributed by atoms with Crippen LogP contribution in [0.1, 0.15) is 18.9 Å². The summed E-state index contributed by atoms with van der Waals surface area (Å²) in [5.41, 5.74) is 6.87. The van der Waals surface area contributed by atoms with Gasteiger partial charge in [0.25, 0.3) is 5.56 Å². The summed E-state index contributed by atoms with van der Waals surface area (Å²) in [5, 5.41) is 0. The predicted octanol–water partition coefficient (Wildman–Crippen LogP) is 4.37. The largest absolute Gasteiger partial charge is 0.368 e. The van der Waals surface area contributed by atoms with E-state index < -0.39 is 39.0 Å². The first kappa shape index (κ1) is 27.7. The third-order valence-electron chi connectivity index (χ3n) is 6.53. The van der Waals surface area contributed by atoms with Crippen LogP contribution in [-0.4, -0.2) is 32.0 Å². The molecular weight excluding hydrogens is 524 g/mol. The van der Waals surface area contributed by atoms with Gasteiger partial charge < -0.3 is 15.2 Å². The molecule has 202 valence electrons. The highest BCUT2D eigenvalue weighted by molar-refractivity contribution is 7.91. The molecule has 2 N–H and O–H groups in total. The van der Waals surface area contributed by atoms with Crippen molar-refractivity contribution in [2.24, 2.45) is 5.73 Å². The summed E-state index contributed by atoms with van der Waals surface area (Å²) < 4.78 is 54.8. The highest BCUT2D eigenvalue weighted by atomic mass is 32.2. The third kappa shape index (κ3) is 5.75. The standard InChI is InChI=1S/C29H27F2N3O4S/c1-3-25(28(32)35)33(2)27-16-15-26(20-7-9-21(30)10-8-20)34(29(27)36)18-19-5-4-6-24(17-19)39(37,38)23-13-11-22(31)12-14-23/h4-17,25H,3,18H2,1-2H3,(H2,32,35).